The molecular weight excluding hydrogens is 282 g/mol. The molecule has 1 aromatic rings. The lowest BCUT2D eigenvalue weighted by atomic mass is 10.0. The van der Waals surface area contributed by atoms with Gasteiger partial charge in [0.15, 0.2) is 0 Å². The summed E-state index contributed by atoms with van der Waals surface area (Å²) < 4.78 is 0. The Hall–Kier alpha value is -0.620. The molecule has 1 saturated heterocycles. The molecular formula is C13H20ClN3OS. The number of carbonyl (C=O) groups is 1. The number of nitrogens with zero attached hydrogens (tertiary/aromatic N) is 1. The third-order valence-electron chi connectivity index (χ3n) is 3.77. The number of halogens is 1. The topological polar surface area (TPSA) is 44.4 Å². The molecule has 1 amide bonds. The van der Waals surface area contributed by atoms with Crippen LogP contribution in [0.4, 0.5) is 0 Å². The normalized spacial score (nSPS) is 19.2. The van der Waals surface area contributed by atoms with Crippen LogP contribution in [0.15, 0.2) is 11.4 Å². The van der Waals surface area contributed by atoms with Crippen molar-refractivity contribution in [3.8, 4) is 0 Å². The predicted molar refractivity (Wildman–Crippen MR) is 79.9 cm³/mol. The molecule has 2 aliphatic rings. The van der Waals surface area contributed by atoms with Crippen LogP contribution in [-0.2, 0) is 17.8 Å². The molecule has 0 bridgehead atoms. The zero-order valence-electron chi connectivity index (χ0n) is 10.9. The Balaban J connectivity index is 0.00000133. The van der Waals surface area contributed by atoms with Gasteiger partial charge in [0.25, 0.3) is 0 Å². The van der Waals surface area contributed by atoms with E-state index in [-0.39, 0.29) is 24.2 Å². The molecule has 6 heteroatoms. The number of carbonyl (C=O) groups excluding carboxylic acids is 1. The smallest absolute Gasteiger partial charge is 0.225 e. The first-order valence-corrected chi connectivity index (χ1v) is 7.47. The Labute approximate surface area is 124 Å². The van der Waals surface area contributed by atoms with Gasteiger partial charge in [-0.1, -0.05) is 0 Å². The lowest BCUT2D eigenvalue weighted by molar-refractivity contribution is -0.126. The zero-order chi connectivity index (χ0) is 12.4. The van der Waals surface area contributed by atoms with E-state index in [0.29, 0.717) is 0 Å². The maximum atomic E-state index is 11.7. The minimum absolute atomic E-state index is 0. The molecule has 106 valence electrons. The van der Waals surface area contributed by atoms with Crippen LogP contribution in [0.1, 0.15) is 10.4 Å². The van der Waals surface area contributed by atoms with Crippen molar-refractivity contribution in [2.24, 2.45) is 5.92 Å². The highest BCUT2D eigenvalue weighted by Crippen LogP contribution is 2.23. The SMILES string of the molecule is Cl.O=C(NCCN1CCc2sccc2C1)C1CNC1. The van der Waals surface area contributed by atoms with Crippen molar-refractivity contribution in [2.45, 2.75) is 13.0 Å². The number of nitrogens with one attached hydrogen (secondary N) is 2. The van der Waals surface area contributed by atoms with Crippen molar-refractivity contribution in [2.75, 3.05) is 32.7 Å². The molecule has 3 heterocycles. The molecule has 1 fully saturated rings. The first kappa shape index (κ1) is 14.8. The summed E-state index contributed by atoms with van der Waals surface area (Å²) in [7, 11) is 0. The minimum atomic E-state index is 0. The van der Waals surface area contributed by atoms with E-state index in [2.05, 4.69) is 27.0 Å². The lowest BCUT2D eigenvalue weighted by Crippen LogP contribution is -2.51. The molecule has 0 saturated carbocycles. The standard InChI is InChI=1S/C13H19N3OS.ClH/c17-13(11-7-14-8-11)15-3-5-16-4-1-12-10(9-16)2-6-18-12;/h2,6,11,14H,1,3-5,7-9H2,(H,15,17);1H. The molecule has 2 aliphatic heterocycles. The average molecular weight is 302 g/mol. The maximum Gasteiger partial charge on any atom is 0.225 e. The van der Waals surface area contributed by atoms with Crippen LogP contribution in [0.5, 0.6) is 0 Å². The molecule has 2 N–H and O–H groups in total. The Morgan fingerprint density at radius 1 is 1.53 bits per heavy atom. The summed E-state index contributed by atoms with van der Waals surface area (Å²) in [5, 5.41) is 8.33. The van der Waals surface area contributed by atoms with Crippen molar-refractivity contribution in [3.63, 3.8) is 0 Å². The fourth-order valence-corrected chi connectivity index (χ4v) is 3.34. The second kappa shape index (κ2) is 6.70. The molecule has 3 rings (SSSR count). The monoisotopic (exact) mass is 301 g/mol. The van der Waals surface area contributed by atoms with Crippen LogP contribution < -0.4 is 10.6 Å². The van der Waals surface area contributed by atoms with E-state index in [4.69, 9.17) is 0 Å². The van der Waals surface area contributed by atoms with Gasteiger partial charge < -0.3 is 10.6 Å². The molecule has 0 atom stereocenters. The summed E-state index contributed by atoms with van der Waals surface area (Å²) >= 11 is 1.87. The lowest BCUT2D eigenvalue weighted by Gasteiger charge is -2.28. The van der Waals surface area contributed by atoms with E-state index in [1.807, 2.05) is 11.3 Å². The van der Waals surface area contributed by atoms with E-state index in [1.165, 1.54) is 10.4 Å². The maximum absolute atomic E-state index is 11.7. The van der Waals surface area contributed by atoms with Crippen LogP contribution in [0.2, 0.25) is 0 Å². The van der Waals surface area contributed by atoms with Crippen molar-refractivity contribution in [3.05, 3.63) is 21.9 Å². The van der Waals surface area contributed by atoms with Crippen LogP contribution in [0.25, 0.3) is 0 Å². The quantitative estimate of drug-likeness (QED) is 0.867. The van der Waals surface area contributed by atoms with Crippen molar-refractivity contribution in [1.82, 2.24) is 15.5 Å². The third kappa shape index (κ3) is 3.48. The fourth-order valence-electron chi connectivity index (χ4n) is 2.45. The van der Waals surface area contributed by atoms with Crippen LogP contribution in [0.3, 0.4) is 0 Å². The summed E-state index contributed by atoms with van der Waals surface area (Å²) in [6.07, 6.45) is 1.16. The van der Waals surface area contributed by atoms with Gasteiger partial charge in [0, 0.05) is 44.1 Å². The van der Waals surface area contributed by atoms with Gasteiger partial charge in [-0.3, -0.25) is 9.69 Å². The second-order valence-corrected chi connectivity index (χ2v) is 6.04. The molecule has 0 radical (unpaired) electrons. The van der Waals surface area contributed by atoms with Crippen LogP contribution >= 0.6 is 23.7 Å². The molecule has 0 spiro atoms. The summed E-state index contributed by atoms with van der Waals surface area (Å²) in [6, 6.07) is 2.23. The number of hydrogen-bond donors (Lipinski definition) is 2. The fraction of sp³-hybridized carbons (Fsp3) is 0.615. The number of hydrogen-bond acceptors (Lipinski definition) is 4. The van der Waals surface area contributed by atoms with Gasteiger partial charge in [-0.05, 0) is 23.4 Å². The third-order valence-corrected chi connectivity index (χ3v) is 4.79. The molecule has 4 nitrogen and oxygen atoms in total. The number of amides is 1. The largest absolute Gasteiger partial charge is 0.354 e. The van der Waals surface area contributed by atoms with E-state index < -0.39 is 0 Å². The van der Waals surface area contributed by atoms with E-state index in [0.717, 1.165) is 45.7 Å². The first-order chi connectivity index (χ1) is 8.83. The summed E-state index contributed by atoms with van der Waals surface area (Å²) in [5.74, 6) is 0.414. The van der Waals surface area contributed by atoms with Crippen molar-refractivity contribution >= 4 is 29.7 Å². The minimum Gasteiger partial charge on any atom is -0.354 e. The zero-order valence-corrected chi connectivity index (χ0v) is 12.5. The summed E-state index contributed by atoms with van der Waals surface area (Å²) in [6.45, 7) is 5.58. The van der Waals surface area contributed by atoms with Gasteiger partial charge in [0.1, 0.15) is 0 Å². The molecule has 0 unspecified atom stereocenters. The van der Waals surface area contributed by atoms with E-state index in [9.17, 15) is 4.79 Å². The van der Waals surface area contributed by atoms with Gasteiger partial charge in [-0.25, -0.2) is 0 Å². The highest BCUT2D eigenvalue weighted by Gasteiger charge is 2.24. The molecule has 0 aliphatic carbocycles. The van der Waals surface area contributed by atoms with Gasteiger partial charge >= 0.3 is 0 Å². The van der Waals surface area contributed by atoms with E-state index >= 15 is 0 Å². The van der Waals surface area contributed by atoms with Crippen molar-refractivity contribution < 1.29 is 4.79 Å². The summed E-state index contributed by atoms with van der Waals surface area (Å²) in [4.78, 5) is 15.6. The Bertz CT molecular complexity index is 433. The Morgan fingerprint density at radius 2 is 2.37 bits per heavy atom. The highest BCUT2D eigenvalue weighted by molar-refractivity contribution is 7.10. The second-order valence-electron chi connectivity index (χ2n) is 5.04. The van der Waals surface area contributed by atoms with E-state index in [1.54, 1.807) is 0 Å². The number of fused-ring (bicyclic) bond motifs is 1. The van der Waals surface area contributed by atoms with Gasteiger partial charge in [0.2, 0.25) is 5.91 Å². The van der Waals surface area contributed by atoms with Crippen molar-refractivity contribution in [1.29, 1.82) is 0 Å². The molecule has 19 heavy (non-hydrogen) atoms. The number of rotatable bonds is 4. The Kier molecular flexibility index (Phi) is 5.21. The predicted octanol–water partition coefficient (Wildman–Crippen LogP) is 0.864. The highest BCUT2D eigenvalue weighted by atomic mass is 35.5. The number of thiophene rings is 1. The van der Waals surface area contributed by atoms with Gasteiger partial charge in [0.05, 0.1) is 5.92 Å². The first-order valence-electron chi connectivity index (χ1n) is 6.59. The molecule has 0 aromatic carbocycles. The molecule has 1 aromatic heterocycles. The van der Waals surface area contributed by atoms with Gasteiger partial charge in [-0.2, -0.15) is 0 Å². The van der Waals surface area contributed by atoms with Gasteiger partial charge in [-0.15, -0.1) is 23.7 Å². The summed E-state index contributed by atoms with van der Waals surface area (Å²) in [5.41, 5.74) is 1.47. The van der Waals surface area contributed by atoms with Crippen LogP contribution in [0, 0.1) is 5.92 Å². The Morgan fingerprint density at radius 3 is 3.11 bits per heavy atom. The average Bonchev–Trinajstić information content (AvgIpc) is 2.73. The van der Waals surface area contributed by atoms with Crippen LogP contribution in [-0.4, -0.2) is 43.5 Å².